The standard InChI is InChI=1S/C14H17BrN2S/c1-17(10-13-3-2-8-18-13)14-9-12(15)5-4-11(14)6-7-16/h2-5,8-9H,6-7,10,16H2,1H3. The van der Waals surface area contributed by atoms with Crippen LogP contribution < -0.4 is 10.6 Å². The van der Waals surface area contributed by atoms with Gasteiger partial charge in [0.15, 0.2) is 0 Å². The van der Waals surface area contributed by atoms with Gasteiger partial charge in [0.25, 0.3) is 0 Å². The fraction of sp³-hybridized carbons (Fsp3) is 0.286. The molecule has 2 rings (SSSR count). The van der Waals surface area contributed by atoms with Crippen LogP contribution in [0.1, 0.15) is 10.4 Å². The van der Waals surface area contributed by atoms with Gasteiger partial charge in [0.2, 0.25) is 0 Å². The Kier molecular flexibility index (Phi) is 4.80. The van der Waals surface area contributed by atoms with Gasteiger partial charge >= 0.3 is 0 Å². The van der Waals surface area contributed by atoms with Crippen molar-refractivity contribution in [2.45, 2.75) is 13.0 Å². The van der Waals surface area contributed by atoms with Crippen LogP contribution in [0.3, 0.4) is 0 Å². The average molecular weight is 325 g/mol. The summed E-state index contributed by atoms with van der Waals surface area (Å²) in [5.74, 6) is 0. The van der Waals surface area contributed by atoms with E-state index in [0.29, 0.717) is 6.54 Å². The third-order valence-electron chi connectivity index (χ3n) is 2.85. The van der Waals surface area contributed by atoms with E-state index in [0.717, 1.165) is 17.4 Å². The lowest BCUT2D eigenvalue weighted by Crippen LogP contribution is -2.18. The largest absolute Gasteiger partial charge is 0.369 e. The number of anilines is 1. The molecular weight excluding hydrogens is 308 g/mol. The van der Waals surface area contributed by atoms with Crippen LogP contribution in [0.4, 0.5) is 5.69 Å². The predicted octanol–water partition coefficient (Wildman–Crippen LogP) is 3.65. The first-order valence-corrected chi connectivity index (χ1v) is 7.60. The fourth-order valence-corrected chi connectivity index (χ4v) is 3.09. The molecule has 18 heavy (non-hydrogen) atoms. The maximum atomic E-state index is 5.68. The Balaban J connectivity index is 2.22. The quantitative estimate of drug-likeness (QED) is 0.909. The molecule has 0 aliphatic rings. The van der Waals surface area contributed by atoms with E-state index in [9.17, 15) is 0 Å². The molecule has 0 aliphatic heterocycles. The van der Waals surface area contributed by atoms with Crippen molar-refractivity contribution in [3.63, 3.8) is 0 Å². The molecule has 0 aliphatic carbocycles. The molecule has 2 nitrogen and oxygen atoms in total. The van der Waals surface area contributed by atoms with Gasteiger partial charge in [-0.25, -0.2) is 0 Å². The third-order valence-corrected chi connectivity index (χ3v) is 4.20. The molecule has 4 heteroatoms. The van der Waals surface area contributed by atoms with E-state index in [1.807, 2.05) is 0 Å². The first kappa shape index (κ1) is 13.6. The van der Waals surface area contributed by atoms with Crippen molar-refractivity contribution in [1.29, 1.82) is 0 Å². The minimum Gasteiger partial charge on any atom is -0.369 e. The Morgan fingerprint density at radius 2 is 2.17 bits per heavy atom. The lowest BCUT2D eigenvalue weighted by Gasteiger charge is -2.22. The van der Waals surface area contributed by atoms with E-state index in [-0.39, 0.29) is 0 Å². The van der Waals surface area contributed by atoms with E-state index >= 15 is 0 Å². The number of rotatable bonds is 5. The first-order chi connectivity index (χ1) is 8.70. The zero-order chi connectivity index (χ0) is 13.0. The van der Waals surface area contributed by atoms with E-state index in [4.69, 9.17) is 5.73 Å². The van der Waals surface area contributed by atoms with Crippen LogP contribution >= 0.6 is 27.3 Å². The van der Waals surface area contributed by atoms with Gasteiger partial charge in [0, 0.05) is 22.1 Å². The predicted molar refractivity (Wildman–Crippen MR) is 83.3 cm³/mol. The second-order valence-electron chi connectivity index (χ2n) is 4.25. The lowest BCUT2D eigenvalue weighted by molar-refractivity contribution is 0.902. The van der Waals surface area contributed by atoms with Gasteiger partial charge < -0.3 is 10.6 Å². The average Bonchev–Trinajstić information content (AvgIpc) is 2.84. The smallest absolute Gasteiger partial charge is 0.0519 e. The summed E-state index contributed by atoms with van der Waals surface area (Å²) in [7, 11) is 2.13. The number of benzene rings is 1. The van der Waals surface area contributed by atoms with Crippen LogP contribution in [0.15, 0.2) is 40.2 Å². The van der Waals surface area contributed by atoms with Crippen LogP contribution in [-0.4, -0.2) is 13.6 Å². The number of hydrogen-bond acceptors (Lipinski definition) is 3. The number of thiophene rings is 1. The van der Waals surface area contributed by atoms with Crippen LogP contribution in [0.5, 0.6) is 0 Å². The number of halogens is 1. The minimum absolute atomic E-state index is 0.682. The molecule has 0 radical (unpaired) electrons. The van der Waals surface area contributed by atoms with Crippen molar-refractivity contribution in [3.05, 3.63) is 50.6 Å². The van der Waals surface area contributed by atoms with Crippen LogP contribution in [0.2, 0.25) is 0 Å². The van der Waals surface area contributed by atoms with E-state index in [1.54, 1.807) is 11.3 Å². The normalized spacial score (nSPS) is 10.6. The van der Waals surface area contributed by atoms with Crippen molar-refractivity contribution in [2.75, 3.05) is 18.5 Å². The summed E-state index contributed by atoms with van der Waals surface area (Å²) in [6, 6.07) is 10.7. The molecular formula is C14H17BrN2S. The Morgan fingerprint density at radius 3 is 2.83 bits per heavy atom. The molecule has 96 valence electrons. The number of nitrogens with two attached hydrogens (primary N) is 1. The summed E-state index contributed by atoms with van der Waals surface area (Å²) in [6.07, 6.45) is 0.914. The highest BCUT2D eigenvalue weighted by molar-refractivity contribution is 9.10. The molecule has 0 amide bonds. The Bertz CT molecular complexity index is 497. The molecule has 0 bridgehead atoms. The van der Waals surface area contributed by atoms with Gasteiger partial charge in [-0.1, -0.05) is 28.1 Å². The monoisotopic (exact) mass is 324 g/mol. The molecule has 2 aromatic rings. The number of hydrogen-bond donors (Lipinski definition) is 1. The van der Waals surface area contributed by atoms with Gasteiger partial charge in [-0.3, -0.25) is 0 Å². The van der Waals surface area contributed by atoms with Crippen molar-refractivity contribution >= 4 is 33.0 Å². The van der Waals surface area contributed by atoms with E-state index in [2.05, 4.69) is 63.6 Å². The molecule has 0 spiro atoms. The molecule has 0 saturated carbocycles. The maximum absolute atomic E-state index is 5.68. The summed E-state index contributed by atoms with van der Waals surface area (Å²) in [5.41, 5.74) is 8.23. The molecule has 1 aromatic carbocycles. The van der Waals surface area contributed by atoms with Crippen molar-refractivity contribution in [2.24, 2.45) is 5.73 Å². The lowest BCUT2D eigenvalue weighted by atomic mass is 10.1. The van der Waals surface area contributed by atoms with E-state index < -0.39 is 0 Å². The van der Waals surface area contributed by atoms with Gasteiger partial charge in [-0.15, -0.1) is 11.3 Å². The van der Waals surface area contributed by atoms with Crippen LogP contribution in [0.25, 0.3) is 0 Å². The molecule has 0 atom stereocenters. The van der Waals surface area contributed by atoms with Gasteiger partial charge in [0.05, 0.1) is 6.54 Å². The molecule has 0 saturated heterocycles. The zero-order valence-electron chi connectivity index (χ0n) is 10.4. The highest BCUT2D eigenvalue weighted by Crippen LogP contribution is 2.26. The van der Waals surface area contributed by atoms with Crippen molar-refractivity contribution < 1.29 is 0 Å². The maximum Gasteiger partial charge on any atom is 0.0519 e. The Morgan fingerprint density at radius 1 is 1.33 bits per heavy atom. The van der Waals surface area contributed by atoms with Crippen LogP contribution in [0, 0.1) is 0 Å². The SMILES string of the molecule is CN(Cc1cccs1)c1cc(Br)ccc1CCN. The summed E-state index contributed by atoms with van der Waals surface area (Å²) in [5, 5.41) is 2.12. The van der Waals surface area contributed by atoms with Gasteiger partial charge in [0.1, 0.15) is 0 Å². The summed E-state index contributed by atoms with van der Waals surface area (Å²) in [4.78, 5) is 3.65. The summed E-state index contributed by atoms with van der Waals surface area (Å²) < 4.78 is 1.11. The highest BCUT2D eigenvalue weighted by Gasteiger charge is 2.09. The van der Waals surface area contributed by atoms with Crippen LogP contribution in [-0.2, 0) is 13.0 Å². The second-order valence-corrected chi connectivity index (χ2v) is 6.20. The summed E-state index contributed by atoms with van der Waals surface area (Å²) in [6.45, 7) is 1.62. The minimum atomic E-state index is 0.682. The fourth-order valence-electron chi connectivity index (χ4n) is 1.98. The molecule has 1 aromatic heterocycles. The number of nitrogens with zero attached hydrogens (tertiary/aromatic N) is 1. The highest BCUT2D eigenvalue weighted by atomic mass is 79.9. The van der Waals surface area contributed by atoms with Crippen molar-refractivity contribution in [1.82, 2.24) is 0 Å². The molecule has 0 unspecified atom stereocenters. The summed E-state index contributed by atoms with van der Waals surface area (Å²) >= 11 is 5.33. The first-order valence-electron chi connectivity index (χ1n) is 5.92. The second kappa shape index (κ2) is 6.36. The van der Waals surface area contributed by atoms with Crippen molar-refractivity contribution in [3.8, 4) is 0 Å². The topological polar surface area (TPSA) is 29.3 Å². The molecule has 1 heterocycles. The van der Waals surface area contributed by atoms with Gasteiger partial charge in [-0.05, 0) is 42.1 Å². The van der Waals surface area contributed by atoms with E-state index in [1.165, 1.54) is 16.1 Å². The third kappa shape index (κ3) is 3.34. The molecule has 2 N–H and O–H groups in total. The zero-order valence-corrected chi connectivity index (χ0v) is 12.8. The Labute approximate surface area is 121 Å². The van der Waals surface area contributed by atoms with Gasteiger partial charge in [-0.2, -0.15) is 0 Å². The Hall–Kier alpha value is -0.840. The molecule has 0 fully saturated rings.